The van der Waals surface area contributed by atoms with Crippen LogP contribution < -0.4 is 0 Å². The van der Waals surface area contributed by atoms with E-state index in [-0.39, 0.29) is 25.3 Å². The Kier molecular flexibility index (Phi) is 4.80. The van der Waals surface area contributed by atoms with Crippen molar-refractivity contribution in [2.45, 2.75) is 37.7 Å². The van der Waals surface area contributed by atoms with Gasteiger partial charge in [-0.3, -0.25) is 9.48 Å². The molecule has 2 heterocycles. The van der Waals surface area contributed by atoms with E-state index < -0.39 is 23.9 Å². The number of aliphatic hydroxyl groups is 1. The number of alkyl halides is 3. The normalized spacial score (nSPS) is 20.9. The first kappa shape index (κ1) is 17.5. The van der Waals surface area contributed by atoms with Gasteiger partial charge in [-0.25, -0.2) is 0 Å². The van der Waals surface area contributed by atoms with Crippen LogP contribution in [0.25, 0.3) is 0 Å². The van der Waals surface area contributed by atoms with Gasteiger partial charge in [-0.15, -0.1) is 0 Å². The molecule has 8 heteroatoms. The van der Waals surface area contributed by atoms with E-state index in [4.69, 9.17) is 0 Å². The standard InChI is InChI=1S/C17H18F3N3O2/c18-17(19,20)13-4-1-3-12(9-13)15-10-14(24)11-23(15)16(25)5-8-22-7-2-6-21-22/h1-4,6-7,9,14-15,24H,5,8,10-11H2/t14-,15-/m0/s1. The van der Waals surface area contributed by atoms with E-state index in [0.29, 0.717) is 12.1 Å². The minimum Gasteiger partial charge on any atom is -0.391 e. The van der Waals surface area contributed by atoms with Gasteiger partial charge in [0.1, 0.15) is 0 Å². The van der Waals surface area contributed by atoms with Crippen LogP contribution in [-0.4, -0.2) is 38.3 Å². The number of carbonyl (C=O) groups excluding carboxylic acids is 1. The predicted molar refractivity (Wildman–Crippen MR) is 83.4 cm³/mol. The van der Waals surface area contributed by atoms with Gasteiger partial charge < -0.3 is 10.0 Å². The van der Waals surface area contributed by atoms with Crippen molar-refractivity contribution >= 4 is 5.91 Å². The zero-order valence-electron chi connectivity index (χ0n) is 13.4. The van der Waals surface area contributed by atoms with Gasteiger partial charge >= 0.3 is 6.18 Å². The second-order valence-corrected chi connectivity index (χ2v) is 6.09. The summed E-state index contributed by atoms with van der Waals surface area (Å²) in [5, 5.41) is 13.9. The number of carbonyl (C=O) groups is 1. The van der Waals surface area contributed by atoms with Crippen LogP contribution in [0.15, 0.2) is 42.7 Å². The maximum atomic E-state index is 12.9. The van der Waals surface area contributed by atoms with Crippen molar-refractivity contribution in [1.82, 2.24) is 14.7 Å². The number of aryl methyl sites for hydroxylation is 1. The highest BCUT2D eigenvalue weighted by Crippen LogP contribution is 2.36. The van der Waals surface area contributed by atoms with Crippen LogP contribution in [0.2, 0.25) is 0 Å². The molecule has 134 valence electrons. The molecule has 1 saturated heterocycles. The Labute approximate surface area is 142 Å². The highest BCUT2D eigenvalue weighted by Gasteiger charge is 2.37. The fourth-order valence-corrected chi connectivity index (χ4v) is 3.11. The van der Waals surface area contributed by atoms with Crippen molar-refractivity contribution in [1.29, 1.82) is 0 Å². The van der Waals surface area contributed by atoms with Crippen molar-refractivity contribution in [3.63, 3.8) is 0 Å². The predicted octanol–water partition coefficient (Wildman–Crippen LogP) is 2.63. The number of amides is 1. The third kappa shape index (κ3) is 4.01. The first-order chi connectivity index (χ1) is 11.8. The maximum Gasteiger partial charge on any atom is 0.416 e. The van der Waals surface area contributed by atoms with Crippen LogP contribution in [0, 0.1) is 0 Å². The van der Waals surface area contributed by atoms with Crippen molar-refractivity contribution in [2.24, 2.45) is 0 Å². The summed E-state index contributed by atoms with van der Waals surface area (Å²) in [4.78, 5) is 14.0. The summed E-state index contributed by atoms with van der Waals surface area (Å²) in [5.41, 5.74) is -0.367. The molecule has 3 rings (SSSR count). The summed E-state index contributed by atoms with van der Waals surface area (Å²) in [7, 11) is 0. The second kappa shape index (κ2) is 6.87. The zero-order valence-corrected chi connectivity index (χ0v) is 13.4. The quantitative estimate of drug-likeness (QED) is 0.919. The number of β-amino-alcohol motifs (C(OH)–C–C–N with tert-alkyl or cyclic N) is 1. The lowest BCUT2D eigenvalue weighted by Crippen LogP contribution is -2.32. The van der Waals surface area contributed by atoms with E-state index in [9.17, 15) is 23.1 Å². The average molecular weight is 353 g/mol. The number of benzene rings is 1. The van der Waals surface area contributed by atoms with E-state index >= 15 is 0 Å². The smallest absolute Gasteiger partial charge is 0.391 e. The molecule has 25 heavy (non-hydrogen) atoms. The van der Waals surface area contributed by atoms with E-state index in [1.54, 1.807) is 29.2 Å². The first-order valence-corrected chi connectivity index (χ1v) is 7.96. The Morgan fingerprint density at radius 1 is 1.32 bits per heavy atom. The third-order valence-corrected chi connectivity index (χ3v) is 4.31. The topological polar surface area (TPSA) is 58.4 Å². The van der Waals surface area contributed by atoms with Crippen molar-refractivity contribution in [3.05, 3.63) is 53.9 Å². The Hall–Kier alpha value is -2.35. The van der Waals surface area contributed by atoms with Crippen LogP contribution in [-0.2, 0) is 17.5 Å². The van der Waals surface area contributed by atoms with Gasteiger partial charge in [0, 0.05) is 31.9 Å². The largest absolute Gasteiger partial charge is 0.416 e. The summed E-state index contributed by atoms with van der Waals surface area (Å²) >= 11 is 0. The van der Waals surface area contributed by atoms with Crippen LogP contribution in [0.4, 0.5) is 13.2 Å². The maximum absolute atomic E-state index is 12.9. The van der Waals surface area contributed by atoms with Gasteiger partial charge in [-0.2, -0.15) is 18.3 Å². The zero-order chi connectivity index (χ0) is 18.0. The van der Waals surface area contributed by atoms with Crippen LogP contribution >= 0.6 is 0 Å². The van der Waals surface area contributed by atoms with Gasteiger partial charge in [0.15, 0.2) is 0 Å². The number of nitrogens with zero attached hydrogens (tertiary/aromatic N) is 3. The molecule has 2 aromatic rings. The van der Waals surface area contributed by atoms with Gasteiger partial charge in [0.25, 0.3) is 0 Å². The lowest BCUT2D eigenvalue weighted by Gasteiger charge is -2.25. The van der Waals surface area contributed by atoms with Crippen LogP contribution in [0.5, 0.6) is 0 Å². The lowest BCUT2D eigenvalue weighted by atomic mass is 10.0. The molecule has 1 aliphatic heterocycles. The molecule has 1 fully saturated rings. The molecule has 0 unspecified atom stereocenters. The fraction of sp³-hybridized carbons (Fsp3) is 0.412. The Morgan fingerprint density at radius 3 is 2.80 bits per heavy atom. The summed E-state index contributed by atoms with van der Waals surface area (Å²) in [6.07, 6.45) is -1.44. The lowest BCUT2D eigenvalue weighted by molar-refractivity contribution is -0.137. The van der Waals surface area contributed by atoms with Crippen molar-refractivity contribution in [3.8, 4) is 0 Å². The molecular weight excluding hydrogens is 335 g/mol. The minimum atomic E-state index is -4.44. The van der Waals surface area contributed by atoms with Gasteiger partial charge in [0.05, 0.1) is 17.7 Å². The highest BCUT2D eigenvalue weighted by molar-refractivity contribution is 5.77. The van der Waals surface area contributed by atoms with Gasteiger partial charge in [-0.1, -0.05) is 12.1 Å². The van der Waals surface area contributed by atoms with E-state index in [1.165, 1.54) is 11.0 Å². The van der Waals surface area contributed by atoms with E-state index in [2.05, 4.69) is 5.10 Å². The summed E-state index contributed by atoms with van der Waals surface area (Å²) in [6.45, 7) is 0.507. The van der Waals surface area contributed by atoms with Crippen LogP contribution in [0.3, 0.4) is 0 Å². The monoisotopic (exact) mass is 353 g/mol. The Bertz CT molecular complexity index is 731. The molecular formula is C17H18F3N3O2. The molecule has 1 aliphatic rings. The molecule has 0 spiro atoms. The highest BCUT2D eigenvalue weighted by atomic mass is 19.4. The van der Waals surface area contributed by atoms with Gasteiger partial charge in [0.2, 0.25) is 5.91 Å². The Balaban J connectivity index is 1.76. The second-order valence-electron chi connectivity index (χ2n) is 6.09. The van der Waals surface area contributed by atoms with E-state index in [1.807, 2.05) is 0 Å². The number of rotatable bonds is 4. The SMILES string of the molecule is O=C(CCn1cccn1)N1C[C@@H](O)C[C@H]1c1cccc(C(F)(F)F)c1. The summed E-state index contributed by atoms with van der Waals surface area (Å²) in [5.74, 6) is -0.213. The molecule has 0 bridgehead atoms. The summed E-state index contributed by atoms with van der Waals surface area (Å²) < 4.78 is 40.4. The number of aliphatic hydroxyl groups excluding tert-OH is 1. The fourth-order valence-electron chi connectivity index (χ4n) is 3.11. The average Bonchev–Trinajstić information content (AvgIpc) is 3.21. The van der Waals surface area contributed by atoms with Crippen molar-refractivity contribution in [2.75, 3.05) is 6.54 Å². The molecule has 2 atom stereocenters. The molecule has 1 aromatic carbocycles. The van der Waals surface area contributed by atoms with Gasteiger partial charge in [-0.05, 0) is 30.2 Å². The molecule has 1 amide bonds. The number of halogens is 3. The molecule has 1 N–H and O–H groups in total. The summed E-state index contributed by atoms with van der Waals surface area (Å²) in [6, 6.07) is 6.13. The molecule has 0 aliphatic carbocycles. The number of hydrogen-bond donors (Lipinski definition) is 1. The molecule has 1 aromatic heterocycles. The molecule has 5 nitrogen and oxygen atoms in total. The van der Waals surface area contributed by atoms with Crippen molar-refractivity contribution < 1.29 is 23.1 Å². The minimum absolute atomic E-state index is 0.124. The Morgan fingerprint density at radius 2 is 2.12 bits per heavy atom. The van der Waals surface area contributed by atoms with Crippen LogP contribution in [0.1, 0.15) is 30.0 Å². The molecule has 0 radical (unpaired) electrons. The number of hydrogen-bond acceptors (Lipinski definition) is 3. The number of aromatic nitrogens is 2. The molecule has 0 saturated carbocycles. The first-order valence-electron chi connectivity index (χ1n) is 7.96. The van der Waals surface area contributed by atoms with E-state index in [0.717, 1.165) is 12.1 Å². The third-order valence-electron chi connectivity index (χ3n) is 4.31. The number of likely N-dealkylation sites (tertiary alicyclic amines) is 1.